The van der Waals surface area contributed by atoms with E-state index in [1.54, 1.807) is 53.4 Å². The Morgan fingerprint density at radius 1 is 1.00 bits per heavy atom. The Kier molecular flexibility index (Phi) is 5.72. The number of anilines is 2. The van der Waals surface area contributed by atoms with Gasteiger partial charge in [-0.15, -0.1) is 0 Å². The third-order valence-electron chi connectivity index (χ3n) is 5.07. The van der Waals surface area contributed by atoms with Gasteiger partial charge in [-0.05, 0) is 67.1 Å². The second kappa shape index (κ2) is 8.59. The first-order valence-electron chi connectivity index (χ1n) is 9.70. The second-order valence-corrected chi connectivity index (χ2v) is 7.70. The number of halogens is 1. The van der Waals surface area contributed by atoms with Crippen molar-refractivity contribution in [3.8, 4) is 11.5 Å². The van der Waals surface area contributed by atoms with Gasteiger partial charge in [-0.25, -0.2) is 0 Å². The summed E-state index contributed by atoms with van der Waals surface area (Å²) in [7, 11) is 0. The average molecular weight is 421 g/mol. The second-order valence-electron chi connectivity index (χ2n) is 7.26. The summed E-state index contributed by atoms with van der Waals surface area (Å²) in [5, 5.41) is 3.54. The molecule has 30 heavy (non-hydrogen) atoms. The number of carbonyl (C=O) groups excluding carboxylic acids is 2. The van der Waals surface area contributed by atoms with Crippen molar-refractivity contribution in [3.05, 3.63) is 83.4 Å². The van der Waals surface area contributed by atoms with Crippen LogP contribution in [0.5, 0.6) is 11.5 Å². The highest BCUT2D eigenvalue weighted by molar-refractivity contribution is 6.30. The Bertz CT molecular complexity index is 1060. The highest BCUT2D eigenvalue weighted by Gasteiger charge is 2.35. The van der Waals surface area contributed by atoms with E-state index in [0.717, 1.165) is 11.3 Å². The largest absolute Gasteiger partial charge is 0.457 e. The monoisotopic (exact) mass is 420 g/mol. The first-order valence-corrected chi connectivity index (χ1v) is 10.1. The molecule has 6 heteroatoms. The van der Waals surface area contributed by atoms with Gasteiger partial charge >= 0.3 is 0 Å². The zero-order valence-corrected chi connectivity index (χ0v) is 17.2. The molecule has 5 nitrogen and oxygen atoms in total. The van der Waals surface area contributed by atoms with Crippen molar-refractivity contribution in [2.24, 2.45) is 5.92 Å². The third kappa shape index (κ3) is 4.47. The van der Waals surface area contributed by atoms with Gasteiger partial charge in [-0.1, -0.05) is 29.8 Å². The van der Waals surface area contributed by atoms with Crippen LogP contribution >= 0.6 is 11.6 Å². The molecular formula is C24H21ClN2O3. The molecular weight excluding hydrogens is 400 g/mol. The van der Waals surface area contributed by atoms with Gasteiger partial charge < -0.3 is 15.0 Å². The quantitative estimate of drug-likeness (QED) is 0.598. The Morgan fingerprint density at radius 2 is 1.63 bits per heavy atom. The first kappa shape index (κ1) is 20.0. The number of carbonyl (C=O) groups is 2. The lowest BCUT2D eigenvalue weighted by Crippen LogP contribution is -2.28. The maximum atomic E-state index is 12.7. The molecule has 1 aliphatic rings. The van der Waals surface area contributed by atoms with E-state index in [9.17, 15) is 9.59 Å². The number of benzene rings is 3. The van der Waals surface area contributed by atoms with Crippen LogP contribution in [0.3, 0.4) is 0 Å². The number of amides is 2. The predicted octanol–water partition coefficient (Wildman–Crippen LogP) is 5.43. The summed E-state index contributed by atoms with van der Waals surface area (Å²) in [6.07, 6.45) is 0.206. The molecule has 1 N–H and O–H groups in total. The summed E-state index contributed by atoms with van der Waals surface area (Å²) >= 11 is 5.88. The number of nitrogens with one attached hydrogen (secondary N) is 1. The van der Waals surface area contributed by atoms with Gasteiger partial charge in [0.15, 0.2) is 0 Å². The van der Waals surface area contributed by atoms with Gasteiger partial charge in [0.05, 0.1) is 5.92 Å². The summed E-state index contributed by atoms with van der Waals surface area (Å²) in [5.41, 5.74) is 2.54. The van der Waals surface area contributed by atoms with Gasteiger partial charge in [0.25, 0.3) is 0 Å². The van der Waals surface area contributed by atoms with Crippen LogP contribution in [0.1, 0.15) is 12.0 Å². The van der Waals surface area contributed by atoms with E-state index >= 15 is 0 Å². The van der Waals surface area contributed by atoms with Crippen molar-refractivity contribution in [3.63, 3.8) is 0 Å². The molecule has 3 aromatic carbocycles. The minimum Gasteiger partial charge on any atom is -0.457 e. The molecule has 1 atom stereocenters. The molecule has 0 bridgehead atoms. The molecule has 0 spiro atoms. The Balaban J connectivity index is 1.37. The lowest BCUT2D eigenvalue weighted by Gasteiger charge is -2.19. The summed E-state index contributed by atoms with van der Waals surface area (Å²) in [4.78, 5) is 26.8. The fourth-order valence-electron chi connectivity index (χ4n) is 3.47. The number of rotatable bonds is 5. The molecule has 1 heterocycles. The molecule has 0 aliphatic carbocycles. The van der Waals surface area contributed by atoms with Crippen molar-refractivity contribution < 1.29 is 14.3 Å². The number of ether oxygens (including phenoxy) is 1. The summed E-state index contributed by atoms with van der Waals surface area (Å²) in [5.74, 6) is 0.748. The van der Waals surface area contributed by atoms with Crippen LogP contribution < -0.4 is 15.0 Å². The maximum absolute atomic E-state index is 12.7. The van der Waals surface area contributed by atoms with Crippen LogP contribution in [0.25, 0.3) is 0 Å². The van der Waals surface area contributed by atoms with E-state index in [1.165, 1.54) is 0 Å². The van der Waals surface area contributed by atoms with E-state index in [2.05, 4.69) is 5.32 Å². The van der Waals surface area contributed by atoms with E-state index in [4.69, 9.17) is 16.3 Å². The normalized spacial score (nSPS) is 15.9. The number of hydrogen-bond acceptors (Lipinski definition) is 3. The molecule has 152 valence electrons. The third-order valence-corrected chi connectivity index (χ3v) is 5.33. The van der Waals surface area contributed by atoms with Crippen LogP contribution in [-0.4, -0.2) is 18.4 Å². The fourth-order valence-corrected chi connectivity index (χ4v) is 3.60. The molecule has 1 fully saturated rings. The number of para-hydroxylation sites is 1. The number of hydrogen-bond donors (Lipinski definition) is 1. The van der Waals surface area contributed by atoms with E-state index in [-0.39, 0.29) is 24.2 Å². The zero-order chi connectivity index (χ0) is 21.1. The van der Waals surface area contributed by atoms with Gasteiger partial charge in [0.1, 0.15) is 11.5 Å². The molecule has 1 saturated heterocycles. The molecule has 0 aromatic heterocycles. The van der Waals surface area contributed by atoms with Crippen LogP contribution in [0.15, 0.2) is 72.8 Å². The van der Waals surface area contributed by atoms with E-state index < -0.39 is 0 Å². The number of aryl methyl sites for hydroxylation is 1. The van der Waals surface area contributed by atoms with Crippen LogP contribution in [0.2, 0.25) is 5.02 Å². The number of nitrogens with zero attached hydrogens (tertiary/aromatic N) is 1. The molecule has 4 rings (SSSR count). The first-order chi connectivity index (χ1) is 14.5. The lowest BCUT2D eigenvalue weighted by atomic mass is 10.1. The summed E-state index contributed by atoms with van der Waals surface area (Å²) < 4.78 is 5.76. The SMILES string of the molecule is Cc1ccccc1N1C[C@H](C(=O)Nc2ccc(Oc3ccc(Cl)cc3)cc2)CC1=O. The maximum Gasteiger partial charge on any atom is 0.229 e. The molecule has 1 aliphatic heterocycles. The van der Waals surface area contributed by atoms with Crippen molar-refractivity contribution >= 4 is 34.8 Å². The highest BCUT2D eigenvalue weighted by Crippen LogP contribution is 2.29. The van der Waals surface area contributed by atoms with Gasteiger partial charge in [-0.2, -0.15) is 0 Å². The van der Waals surface area contributed by atoms with Crippen molar-refractivity contribution in [1.82, 2.24) is 0 Å². The summed E-state index contributed by atoms with van der Waals surface area (Å²) in [6.45, 7) is 2.34. The van der Waals surface area contributed by atoms with Gasteiger partial charge in [0, 0.05) is 29.4 Å². The van der Waals surface area contributed by atoms with Crippen LogP contribution in [0.4, 0.5) is 11.4 Å². The van der Waals surface area contributed by atoms with Crippen LogP contribution in [0, 0.1) is 12.8 Å². The molecule has 0 saturated carbocycles. The molecule has 0 radical (unpaired) electrons. The highest BCUT2D eigenvalue weighted by atomic mass is 35.5. The molecule has 0 unspecified atom stereocenters. The molecule has 2 amide bonds. The minimum atomic E-state index is -0.387. The predicted molar refractivity (Wildman–Crippen MR) is 118 cm³/mol. The zero-order valence-electron chi connectivity index (χ0n) is 16.5. The fraction of sp³-hybridized carbons (Fsp3) is 0.167. The topological polar surface area (TPSA) is 58.6 Å². The van der Waals surface area contributed by atoms with Crippen molar-refractivity contribution in [2.75, 3.05) is 16.8 Å². The standard InChI is InChI=1S/C24H21ClN2O3/c1-16-4-2-3-5-22(16)27-15-17(14-23(27)28)24(29)26-19-8-12-21(13-9-19)30-20-10-6-18(25)7-11-20/h2-13,17H,14-15H2,1H3,(H,26,29)/t17-/m1/s1. The van der Waals surface area contributed by atoms with E-state index in [0.29, 0.717) is 28.8 Å². The Morgan fingerprint density at radius 3 is 2.30 bits per heavy atom. The van der Waals surface area contributed by atoms with Crippen molar-refractivity contribution in [1.29, 1.82) is 0 Å². The van der Waals surface area contributed by atoms with E-state index in [1.807, 2.05) is 31.2 Å². The van der Waals surface area contributed by atoms with Gasteiger partial charge in [-0.3, -0.25) is 9.59 Å². The Hall–Kier alpha value is -3.31. The van der Waals surface area contributed by atoms with Crippen LogP contribution in [-0.2, 0) is 9.59 Å². The van der Waals surface area contributed by atoms with Gasteiger partial charge in [0.2, 0.25) is 11.8 Å². The summed E-state index contributed by atoms with van der Waals surface area (Å²) in [6, 6.07) is 21.9. The Labute approximate surface area is 180 Å². The van der Waals surface area contributed by atoms with Crippen molar-refractivity contribution in [2.45, 2.75) is 13.3 Å². The smallest absolute Gasteiger partial charge is 0.229 e. The lowest BCUT2D eigenvalue weighted by molar-refractivity contribution is -0.122. The average Bonchev–Trinajstić information content (AvgIpc) is 3.13. The minimum absolute atomic E-state index is 0.0313. The molecule has 3 aromatic rings.